The van der Waals surface area contributed by atoms with E-state index in [1.807, 2.05) is 35.4 Å². The van der Waals surface area contributed by atoms with Crippen LogP contribution in [0.15, 0.2) is 53.1 Å². The van der Waals surface area contributed by atoms with Crippen LogP contribution >= 0.6 is 15.9 Å². The molecule has 0 aliphatic carbocycles. The molecule has 1 amide bonds. The molecule has 0 bridgehead atoms. The maximum Gasteiger partial charge on any atom is 0.260 e. The summed E-state index contributed by atoms with van der Waals surface area (Å²) in [4.78, 5) is 21.0. The van der Waals surface area contributed by atoms with Crippen LogP contribution in [-0.4, -0.2) is 35.5 Å². The van der Waals surface area contributed by atoms with Gasteiger partial charge >= 0.3 is 0 Å². The minimum Gasteiger partial charge on any atom is -0.361 e. The van der Waals surface area contributed by atoms with E-state index in [1.165, 1.54) is 19.3 Å². The molecule has 1 N–H and O–H groups in total. The summed E-state index contributed by atoms with van der Waals surface area (Å²) in [6.07, 6.45) is 7.73. The van der Waals surface area contributed by atoms with E-state index in [-0.39, 0.29) is 5.91 Å². The van der Waals surface area contributed by atoms with Crippen molar-refractivity contribution in [3.8, 4) is 0 Å². The summed E-state index contributed by atoms with van der Waals surface area (Å²) < 4.78 is 0.990. The van der Waals surface area contributed by atoms with Crippen molar-refractivity contribution in [3.63, 3.8) is 0 Å². The van der Waals surface area contributed by atoms with Gasteiger partial charge in [0.05, 0.1) is 12.4 Å². The average Bonchev–Trinajstić information content (AvgIpc) is 3.24. The summed E-state index contributed by atoms with van der Waals surface area (Å²) in [5, 5.41) is 1.13. The normalized spacial score (nSPS) is 19.0. The topological polar surface area (TPSA) is 39.3 Å². The smallest absolute Gasteiger partial charge is 0.260 e. The van der Waals surface area contributed by atoms with Gasteiger partial charge in [-0.3, -0.25) is 14.6 Å². The predicted octanol–water partition coefficient (Wildman–Crippen LogP) is 5.26. The summed E-state index contributed by atoms with van der Waals surface area (Å²) in [5.74, 6) is 0.0870. The Kier molecular flexibility index (Phi) is 4.57. The van der Waals surface area contributed by atoms with Gasteiger partial charge in [-0.2, -0.15) is 0 Å². The number of carbonyl (C=O) groups excluding carboxylic acids is 1. The van der Waals surface area contributed by atoms with E-state index < -0.39 is 0 Å². The minimum atomic E-state index is 0.0870. The van der Waals surface area contributed by atoms with Gasteiger partial charge in [0.1, 0.15) is 0 Å². The number of aromatic amines is 1. The predicted molar refractivity (Wildman–Crippen MR) is 118 cm³/mol. The van der Waals surface area contributed by atoms with Crippen molar-refractivity contribution in [2.75, 3.05) is 24.7 Å². The van der Waals surface area contributed by atoms with Crippen LogP contribution in [-0.2, 0) is 4.79 Å². The van der Waals surface area contributed by atoms with Gasteiger partial charge < -0.3 is 4.98 Å². The van der Waals surface area contributed by atoms with Crippen molar-refractivity contribution >= 4 is 50.1 Å². The number of fused-ring (bicyclic) bond motifs is 2. The fourth-order valence-corrected chi connectivity index (χ4v) is 4.64. The third-order valence-corrected chi connectivity index (χ3v) is 6.22. The Bertz CT molecular complexity index is 1080. The van der Waals surface area contributed by atoms with Crippen LogP contribution < -0.4 is 4.90 Å². The lowest BCUT2D eigenvalue weighted by atomic mass is 10.0. The highest BCUT2D eigenvalue weighted by molar-refractivity contribution is 9.10. The molecule has 2 aliphatic heterocycles. The van der Waals surface area contributed by atoms with Crippen LogP contribution in [0.5, 0.6) is 0 Å². The molecule has 0 atom stereocenters. The molecule has 0 saturated carbocycles. The van der Waals surface area contributed by atoms with Crippen molar-refractivity contribution in [2.45, 2.75) is 19.3 Å². The van der Waals surface area contributed by atoms with Crippen LogP contribution in [0, 0.1) is 0 Å². The molecule has 28 heavy (non-hydrogen) atoms. The van der Waals surface area contributed by atoms with Crippen LogP contribution in [0.2, 0.25) is 0 Å². The molecular weight excluding hydrogens is 414 g/mol. The Morgan fingerprint density at radius 2 is 1.89 bits per heavy atom. The number of amides is 1. The lowest BCUT2D eigenvalue weighted by Crippen LogP contribution is -2.42. The average molecular weight is 436 g/mol. The van der Waals surface area contributed by atoms with Gasteiger partial charge in [-0.05, 0) is 56.3 Å². The molecule has 0 radical (unpaired) electrons. The van der Waals surface area contributed by atoms with E-state index >= 15 is 0 Å². The summed E-state index contributed by atoms with van der Waals surface area (Å²) in [6, 6.07) is 14.3. The van der Waals surface area contributed by atoms with E-state index in [0.29, 0.717) is 6.67 Å². The van der Waals surface area contributed by atoms with Gasteiger partial charge in [-0.25, -0.2) is 0 Å². The van der Waals surface area contributed by atoms with Crippen molar-refractivity contribution < 1.29 is 4.79 Å². The summed E-state index contributed by atoms with van der Waals surface area (Å²) in [7, 11) is 0. The Hall–Kier alpha value is -2.37. The van der Waals surface area contributed by atoms with Crippen molar-refractivity contribution in [2.24, 2.45) is 0 Å². The number of piperidine rings is 1. The first-order valence-corrected chi connectivity index (χ1v) is 10.6. The van der Waals surface area contributed by atoms with Crippen LogP contribution in [0.1, 0.15) is 30.4 Å². The lowest BCUT2D eigenvalue weighted by molar-refractivity contribution is -0.113. The van der Waals surface area contributed by atoms with Gasteiger partial charge in [-0.15, -0.1) is 0 Å². The number of H-pyrrole nitrogens is 1. The number of nitrogens with zero attached hydrogens (tertiary/aromatic N) is 2. The number of benzene rings is 2. The van der Waals surface area contributed by atoms with Crippen molar-refractivity contribution in [3.05, 3.63) is 64.3 Å². The first kappa shape index (κ1) is 17.7. The van der Waals surface area contributed by atoms with Gasteiger partial charge in [0.2, 0.25) is 0 Å². The number of aromatic nitrogens is 1. The van der Waals surface area contributed by atoms with E-state index in [9.17, 15) is 4.79 Å². The first-order chi connectivity index (χ1) is 13.7. The standard InChI is InChI=1S/C23H22BrN3O/c24-17-8-9-22-19(13-17)20(12-16-14-25-21-7-3-2-6-18(16)21)23(28)27(22)15-26-10-4-1-5-11-26/h2-3,6-9,12-14,25H,1,4-5,10-11,15H2/b20-12-. The number of likely N-dealkylation sites (tertiary alicyclic amines) is 1. The highest BCUT2D eigenvalue weighted by atomic mass is 79.9. The van der Waals surface area contributed by atoms with Crippen LogP contribution in [0.3, 0.4) is 0 Å². The fraction of sp³-hybridized carbons (Fsp3) is 0.261. The third kappa shape index (κ3) is 3.09. The second-order valence-electron chi connectivity index (χ2n) is 7.56. The van der Waals surface area contributed by atoms with Crippen LogP contribution in [0.25, 0.3) is 22.6 Å². The Labute approximate surface area is 173 Å². The Morgan fingerprint density at radius 1 is 1.07 bits per heavy atom. The summed E-state index contributed by atoms with van der Waals surface area (Å²) in [5.41, 5.74) is 4.90. The molecule has 2 aromatic carbocycles. The quantitative estimate of drug-likeness (QED) is 0.569. The zero-order chi connectivity index (χ0) is 19.1. The number of nitrogens with one attached hydrogen (secondary N) is 1. The highest BCUT2D eigenvalue weighted by Gasteiger charge is 2.33. The van der Waals surface area contributed by atoms with E-state index in [4.69, 9.17) is 0 Å². The fourth-order valence-electron chi connectivity index (χ4n) is 4.28. The van der Waals surface area contributed by atoms with Crippen molar-refractivity contribution in [1.29, 1.82) is 0 Å². The molecule has 0 unspecified atom stereocenters. The first-order valence-electron chi connectivity index (χ1n) is 9.83. The van der Waals surface area contributed by atoms with Gasteiger partial charge in [0, 0.05) is 38.3 Å². The molecule has 4 nitrogen and oxygen atoms in total. The lowest BCUT2D eigenvalue weighted by Gasteiger charge is -2.30. The molecule has 2 aliphatic rings. The number of halogens is 1. The molecular formula is C23H22BrN3O. The molecule has 3 heterocycles. The second-order valence-corrected chi connectivity index (χ2v) is 8.48. The summed E-state index contributed by atoms with van der Waals surface area (Å²) >= 11 is 3.57. The monoisotopic (exact) mass is 435 g/mol. The molecule has 0 spiro atoms. The van der Waals surface area contributed by atoms with Crippen molar-refractivity contribution in [1.82, 2.24) is 9.88 Å². The van der Waals surface area contributed by atoms with Gasteiger partial charge in [0.25, 0.3) is 5.91 Å². The van der Waals surface area contributed by atoms with Crippen LogP contribution in [0.4, 0.5) is 5.69 Å². The Balaban J connectivity index is 1.56. The number of anilines is 1. The number of carbonyl (C=O) groups is 1. The minimum absolute atomic E-state index is 0.0870. The number of hydrogen-bond donors (Lipinski definition) is 1. The van der Waals surface area contributed by atoms with Gasteiger partial charge in [-0.1, -0.05) is 40.5 Å². The maximum atomic E-state index is 13.4. The zero-order valence-corrected chi connectivity index (χ0v) is 17.2. The molecule has 5 heteroatoms. The second kappa shape index (κ2) is 7.22. The number of para-hydroxylation sites is 1. The molecule has 1 saturated heterocycles. The largest absolute Gasteiger partial charge is 0.361 e. The summed E-state index contributed by atoms with van der Waals surface area (Å²) in [6.45, 7) is 2.80. The number of rotatable bonds is 3. The third-order valence-electron chi connectivity index (χ3n) is 5.73. The van der Waals surface area contributed by atoms with E-state index in [2.05, 4.69) is 50.1 Å². The maximum absolute atomic E-state index is 13.4. The number of hydrogen-bond acceptors (Lipinski definition) is 2. The SMILES string of the molecule is O=C1/C(=C\c2c[nH]c3ccccc23)c2cc(Br)ccc2N1CN1CCCCC1. The van der Waals surface area contributed by atoms with E-state index in [0.717, 1.165) is 50.9 Å². The molecule has 1 fully saturated rings. The van der Waals surface area contributed by atoms with Gasteiger partial charge in [0.15, 0.2) is 0 Å². The molecule has 5 rings (SSSR count). The zero-order valence-electron chi connectivity index (χ0n) is 15.6. The Morgan fingerprint density at radius 3 is 2.75 bits per heavy atom. The molecule has 1 aromatic heterocycles. The highest BCUT2D eigenvalue weighted by Crippen LogP contribution is 2.40. The van der Waals surface area contributed by atoms with E-state index in [1.54, 1.807) is 0 Å². The molecule has 3 aromatic rings. The molecule has 142 valence electrons.